The Morgan fingerprint density at radius 1 is 1.32 bits per heavy atom. The van der Waals surface area contributed by atoms with Crippen LogP contribution in [0.3, 0.4) is 0 Å². The Hall–Kier alpha value is -2.24. The molecule has 0 saturated heterocycles. The number of fused-ring (bicyclic) bond motifs is 1. The maximum Gasteiger partial charge on any atom is 0.417 e. The molecule has 0 atom stereocenters. The molecule has 2 amide bonds. The lowest BCUT2D eigenvalue weighted by atomic mass is 10.2. The number of imide groups is 1. The van der Waals surface area contributed by atoms with Crippen molar-refractivity contribution in [1.29, 1.82) is 0 Å². The van der Waals surface area contributed by atoms with Crippen molar-refractivity contribution in [2.75, 3.05) is 20.6 Å². The van der Waals surface area contributed by atoms with E-state index in [4.69, 9.17) is 4.74 Å². The predicted octanol–water partition coefficient (Wildman–Crippen LogP) is 3.04. The molecule has 9 nitrogen and oxygen atoms in total. The van der Waals surface area contributed by atoms with Gasteiger partial charge in [0.1, 0.15) is 17.6 Å². The van der Waals surface area contributed by atoms with Crippen molar-refractivity contribution in [2.24, 2.45) is 4.99 Å². The van der Waals surface area contributed by atoms with Crippen LogP contribution in [0.1, 0.15) is 27.7 Å². The van der Waals surface area contributed by atoms with E-state index in [1.807, 2.05) is 29.8 Å². The molecule has 0 bridgehead atoms. The number of halogens is 1. The fourth-order valence-electron chi connectivity index (χ4n) is 2.40. The van der Waals surface area contributed by atoms with Crippen molar-refractivity contribution < 1.29 is 14.3 Å². The molecule has 0 N–H and O–H groups in total. The van der Waals surface area contributed by atoms with Crippen molar-refractivity contribution in [2.45, 2.75) is 39.8 Å². The number of nitrogens with zero attached hydrogens (tertiary/aromatic N) is 6. The summed E-state index contributed by atoms with van der Waals surface area (Å²) in [5.74, 6) is 0.198. The zero-order chi connectivity index (χ0) is 21.1. The number of amides is 2. The summed E-state index contributed by atoms with van der Waals surface area (Å²) in [6, 6.07) is 0. The smallest absolute Gasteiger partial charge is 0.417 e. The van der Waals surface area contributed by atoms with E-state index in [9.17, 15) is 9.59 Å². The summed E-state index contributed by atoms with van der Waals surface area (Å²) in [6.07, 6.45) is 4.38. The van der Waals surface area contributed by atoms with E-state index in [1.54, 1.807) is 27.1 Å². The van der Waals surface area contributed by atoms with E-state index in [2.05, 4.69) is 37.6 Å². The van der Waals surface area contributed by atoms with Gasteiger partial charge in [0.15, 0.2) is 5.82 Å². The Bertz CT molecular complexity index is 901. The molecule has 0 unspecified atom stereocenters. The predicted molar refractivity (Wildman–Crippen MR) is 116 cm³/mol. The fourth-order valence-corrected chi connectivity index (χ4v) is 3.22. The molecule has 0 aromatic carbocycles. The molecule has 10 heteroatoms. The lowest BCUT2D eigenvalue weighted by Crippen LogP contribution is -2.41. The molecule has 0 radical (unpaired) electrons. The van der Waals surface area contributed by atoms with Crippen LogP contribution in [-0.2, 0) is 16.1 Å². The first kappa shape index (κ1) is 22.1. The zero-order valence-corrected chi connectivity index (χ0v) is 19.1. The Morgan fingerprint density at radius 2 is 2.00 bits per heavy atom. The number of aliphatic imine (C=N–C) groups is 1. The first-order valence-electron chi connectivity index (χ1n) is 8.70. The maximum atomic E-state index is 12.3. The summed E-state index contributed by atoms with van der Waals surface area (Å²) < 4.78 is 8.14. The molecule has 2 aromatic heterocycles. The summed E-state index contributed by atoms with van der Waals surface area (Å²) in [5.41, 5.74) is 0.0189. The number of rotatable bonds is 5. The van der Waals surface area contributed by atoms with Gasteiger partial charge in [0.25, 0.3) is 0 Å². The van der Waals surface area contributed by atoms with Crippen LogP contribution in [0.15, 0.2) is 17.5 Å². The number of carbonyl (C=O) groups is 2. The highest BCUT2D eigenvalue weighted by molar-refractivity contribution is 14.1. The highest BCUT2D eigenvalue weighted by atomic mass is 127. The van der Waals surface area contributed by atoms with Gasteiger partial charge in [0, 0.05) is 37.3 Å². The molecule has 2 rings (SSSR count). The van der Waals surface area contributed by atoms with Gasteiger partial charge in [0.2, 0.25) is 5.91 Å². The number of hydrogen-bond donors (Lipinski definition) is 0. The number of hydrogen-bond acceptors (Lipinski definition) is 6. The van der Waals surface area contributed by atoms with Crippen molar-refractivity contribution in [3.8, 4) is 0 Å². The second-order valence-corrected chi connectivity index (χ2v) is 8.59. The van der Waals surface area contributed by atoms with E-state index >= 15 is 0 Å². The number of carbonyl (C=O) groups excluding carboxylic acids is 2. The Morgan fingerprint density at radius 3 is 2.57 bits per heavy atom. The molecule has 28 heavy (non-hydrogen) atoms. The van der Waals surface area contributed by atoms with Gasteiger partial charge in [-0.05, 0) is 43.4 Å². The standard InChI is InChI=1S/C18H25IN6O3/c1-12(26)25(17(27)28-18(2,3)4)8-7-24-9-13(19)14-15(22-11-23(5)6)20-10-21-16(14)24/h9-11H,7-8H2,1-6H3. The Labute approximate surface area is 177 Å². The summed E-state index contributed by atoms with van der Waals surface area (Å²) in [7, 11) is 3.76. The van der Waals surface area contributed by atoms with Crippen LogP contribution in [-0.4, -0.2) is 68.9 Å². The van der Waals surface area contributed by atoms with Gasteiger partial charge in [-0.15, -0.1) is 0 Å². The van der Waals surface area contributed by atoms with Gasteiger partial charge in [-0.3, -0.25) is 4.79 Å². The fraction of sp³-hybridized carbons (Fsp3) is 0.500. The summed E-state index contributed by atoms with van der Waals surface area (Å²) in [5, 5.41) is 0.827. The van der Waals surface area contributed by atoms with Gasteiger partial charge in [-0.2, -0.15) is 0 Å². The molecule has 152 valence electrons. The van der Waals surface area contributed by atoms with Crippen molar-refractivity contribution >= 4 is 57.8 Å². The van der Waals surface area contributed by atoms with Crippen LogP contribution in [0.5, 0.6) is 0 Å². The topological polar surface area (TPSA) is 92.9 Å². The van der Waals surface area contributed by atoms with Crippen molar-refractivity contribution in [1.82, 2.24) is 24.3 Å². The van der Waals surface area contributed by atoms with Crippen LogP contribution < -0.4 is 0 Å². The summed E-state index contributed by atoms with van der Waals surface area (Å²) in [4.78, 5) is 40.2. The molecular formula is C18H25IN6O3. The van der Waals surface area contributed by atoms with Crippen LogP contribution >= 0.6 is 22.6 Å². The van der Waals surface area contributed by atoms with Crippen LogP contribution in [0.2, 0.25) is 0 Å². The van der Waals surface area contributed by atoms with E-state index in [0.29, 0.717) is 18.0 Å². The molecule has 2 aromatic rings. The van der Waals surface area contributed by atoms with Gasteiger partial charge in [0.05, 0.1) is 18.3 Å². The van der Waals surface area contributed by atoms with E-state index in [-0.39, 0.29) is 12.5 Å². The molecule has 0 fully saturated rings. The molecule has 2 heterocycles. The SMILES string of the molecule is CC(=O)N(CCn1cc(I)c2c(N=CN(C)C)ncnc21)C(=O)OC(C)(C)C. The molecule has 0 spiro atoms. The van der Waals surface area contributed by atoms with Crippen molar-refractivity contribution in [3.05, 3.63) is 16.1 Å². The monoisotopic (exact) mass is 500 g/mol. The molecule has 0 aliphatic carbocycles. The van der Waals surface area contributed by atoms with Gasteiger partial charge in [-0.25, -0.2) is 24.7 Å². The average molecular weight is 500 g/mol. The first-order chi connectivity index (χ1) is 13.0. The second-order valence-electron chi connectivity index (χ2n) is 7.43. The minimum atomic E-state index is -0.674. The van der Waals surface area contributed by atoms with E-state index < -0.39 is 11.7 Å². The Balaban J connectivity index is 2.27. The van der Waals surface area contributed by atoms with Crippen LogP contribution in [0.25, 0.3) is 11.0 Å². The van der Waals surface area contributed by atoms with Gasteiger partial charge in [-0.1, -0.05) is 0 Å². The third-order valence-electron chi connectivity index (χ3n) is 3.56. The van der Waals surface area contributed by atoms with E-state index in [1.165, 1.54) is 13.3 Å². The normalized spacial score (nSPS) is 11.8. The molecule has 0 aliphatic rings. The lowest BCUT2D eigenvalue weighted by Gasteiger charge is -2.25. The molecular weight excluding hydrogens is 475 g/mol. The quantitative estimate of drug-likeness (QED) is 0.356. The third kappa shape index (κ3) is 5.63. The summed E-state index contributed by atoms with van der Waals surface area (Å²) >= 11 is 2.20. The third-order valence-corrected chi connectivity index (χ3v) is 4.37. The van der Waals surface area contributed by atoms with E-state index in [0.717, 1.165) is 13.9 Å². The minimum Gasteiger partial charge on any atom is -0.443 e. The summed E-state index contributed by atoms with van der Waals surface area (Å²) in [6.45, 7) is 7.18. The minimum absolute atomic E-state index is 0.171. The maximum absolute atomic E-state index is 12.3. The molecule has 0 aliphatic heterocycles. The number of ether oxygens (including phenoxy) is 1. The van der Waals surface area contributed by atoms with Crippen molar-refractivity contribution in [3.63, 3.8) is 0 Å². The first-order valence-corrected chi connectivity index (χ1v) is 9.78. The number of aromatic nitrogens is 3. The Kier molecular flexibility index (Phi) is 6.96. The lowest BCUT2D eigenvalue weighted by molar-refractivity contribution is -0.128. The second kappa shape index (κ2) is 8.84. The average Bonchev–Trinajstić information content (AvgIpc) is 2.88. The van der Waals surface area contributed by atoms with Crippen LogP contribution in [0, 0.1) is 3.57 Å². The van der Waals surface area contributed by atoms with Crippen LogP contribution in [0.4, 0.5) is 10.6 Å². The highest BCUT2D eigenvalue weighted by Crippen LogP contribution is 2.28. The highest BCUT2D eigenvalue weighted by Gasteiger charge is 2.25. The largest absolute Gasteiger partial charge is 0.443 e. The molecule has 0 saturated carbocycles. The van der Waals surface area contributed by atoms with Gasteiger partial charge < -0.3 is 14.2 Å². The van der Waals surface area contributed by atoms with Gasteiger partial charge >= 0.3 is 6.09 Å². The zero-order valence-electron chi connectivity index (χ0n) is 16.9.